The molecule has 0 aromatic heterocycles. The third kappa shape index (κ3) is 38.1. The van der Waals surface area contributed by atoms with Crippen LogP contribution in [0.1, 0.15) is 51.9 Å². The Kier molecular flexibility index (Phi) is 12.8. The Balaban J connectivity index is 0. The molecule has 3 N–H and O–H groups in total. The summed E-state index contributed by atoms with van der Waals surface area (Å²) < 4.78 is 64.3. The van der Waals surface area contributed by atoms with Gasteiger partial charge in [0.25, 0.3) is 0 Å². The van der Waals surface area contributed by atoms with Crippen molar-refractivity contribution in [3.63, 3.8) is 0 Å². The van der Waals surface area contributed by atoms with Crippen molar-refractivity contribution < 1.29 is 34.7 Å². The maximum Gasteiger partial charge on any atom is 0.397 e. The van der Waals surface area contributed by atoms with Crippen LogP contribution in [0.25, 0.3) is 0 Å². The van der Waals surface area contributed by atoms with Crippen LogP contribution in [0.4, 0.5) is 0 Å². The summed E-state index contributed by atoms with van der Waals surface area (Å²) >= 11 is 0. The minimum Gasteiger partial charge on any atom is -0.264 e. The summed E-state index contributed by atoms with van der Waals surface area (Å²) in [5.41, 5.74) is 0. The zero-order chi connectivity index (χ0) is 15.4. The first-order valence-corrected chi connectivity index (χ1v) is 8.64. The minimum absolute atomic E-state index is 0.0899. The molecule has 0 aliphatic heterocycles. The topological polar surface area (TPSA) is 138 Å². The zero-order valence-corrected chi connectivity index (χ0v) is 12.5. The van der Waals surface area contributed by atoms with Gasteiger partial charge in [0.05, 0.1) is 6.61 Å². The predicted molar refractivity (Wildman–Crippen MR) is 69.7 cm³/mol. The normalized spacial score (nSPS) is 11.8. The van der Waals surface area contributed by atoms with Crippen LogP contribution in [0.5, 0.6) is 0 Å². The van der Waals surface area contributed by atoms with Crippen LogP contribution in [0, 0.1) is 0 Å². The van der Waals surface area contributed by atoms with Gasteiger partial charge in [0.15, 0.2) is 0 Å². The van der Waals surface area contributed by atoms with E-state index in [4.69, 9.17) is 22.1 Å². The Morgan fingerprint density at radius 2 is 1.16 bits per heavy atom. The van der Waals surface area contributed by atoms with Gasteiger partial charge in [-0.2, -0.15) is 16.8 Å². The highest BCUT2D eigenvalue weighted by molar-refractivity contribution is 7.80. The molecule has 0 aromatic rings. The average Bonchev–Trinajstić information content (AvgIpc) is 2.18. The standard InChI is InChI=1S/C9H20O4S.H2O4S/c1-2-3-4-5-6-7-8-9-13-14(10,11)12;1-5(2,3)4/h2-9H2,1H3,(H,10,11,12);(H2,1,2,3,4). The van der Waals surface area contributed by atoms with E-state index in [0.717, 1.165) is 12.8 Å². The lowest BCUT2D eigenvalue weighted by Crippen LogP contribution is -2.04. The molecule has 0 heterocycles. The first-order chi connectivity index (χ1) is 8.56. The Morgan fingerprint density at radius 1 is 0.789 bits per heavy atom. The molecule has 0 fully saturated rings. The molecule has 0 bridgehead atoms. The lowest BCUT2D eigenvalue weighted by atomic mass is 10.1. The van der Waals surface area contributed by atoms with Crippen LogP contribution in [-0.2, 0) is 25.0 Å². The van der Waals surface area contributed by atoms with Gasteiger partial charge < -0.3 is 0 Å². The summed E-state index contributed by atoms with van der Waals surface area (Å²) in [6.45, 7) is 2.26. The maximum absolute atomic E-state index is 10.1. The van der Waals surface area contributed by atoms with E-state index in [1.165, 1.54) is 25.7 Å². The fourth-order valence-corrected chi connectivity index (χ4v) is 1.55. The van der Waals surface area contributed by atoms with Crippen molar-refractivity contribution >= 4 is 20.8 Å². The molecule has 0 aromatic carbocycles. The first kappa shape index (κ1) is 21.0. The molecule has 0 amide bonds. The molecule has 0 atom stereocenters. The van der Waals surface area contributed by atoms with Gasteiger partial charge >= 0.3 is 20.8 Å². The van der Waals surface area contributed by atoms with Crippen LogP contribution < -0.4 is 0 Å². The molecule has 0 rings (SSSR count). The molecule has 0 unspecified atom stereocenters. The molecular formula is C9H22O8S2. The van der Waals surface area contributed by atoms with Gasteiger partial charge in [0.1, 0.15) is 0 Å². The fourth-order valence-electron chi connectivity index (χ4n) is 1.22. The smallest absolute Gasteiger partial charge is 0.264 e. The second kappa shape index (κ2) is 11.6. The lowest BCUT2D eigenvalue weighted by Gasteiger charge is -2.00. The van der Waals surface area contributed by atoms with Crippen molar-refractivity contribution in [3.05, 3.63) is 0 Å². The van der Waals surface area contributed by atoms with Crippen molar-refractivity contribution in [2.75, 3.05) is 6.61 Å². The minimum atomic E-state index is -4.67. The lowest BCUT2D eigenvalue weighted by molar-refractivity contribution is 0.261. The largest absolute Gasteiger partial charge is 0.397 e. The average molecular weight is 322 g/mol. The second-order valence-electron chi connectivity index (χ2n) is 3.82. The molecule has 0 saturated carbocycles. The van der Waals surface area contributed by atoms with E-state index in [1.54, 1.807) is 0 Å². The molecule has 0 aliphatic rings. The van der Waals surface area contributed by atoms with Crippen LogP contribution >= 0.6 is 0 Å². The molecule has 8 nitrogen and oxygen atoms in total. The predicted octanol–water partition coefficient (Wildman–Crippen LogP) is 1.90. The Morgan fingerprint density at radius 3 is 1.53 bits per heavy atom. The highest BCUT2D eigenvalue weighted by Gasteiger charge is 2.02. The third-order valence-electron chi connectivity index (χ3n) is 1.98. The van der Waals surface area contributed by atoms with E-state index >= 15 is 0 Å². The molecular weight excluding hydrogens is 300 g/mol. The summed E-state index contributed by atoms with van der Waals surface area (Å²) in [5, 5.41) is 0. The number of rotatable bonds is 9. The maximum atomic E-state index is 10.1. The van der Waals surface area contributed by atoms with Gasteiger partial charge in [-0.15, -0.1) is 0 Å². The molecule has 118 valence electrons. The highest BCUT2D eigenvalue weighted by atomic mass is 32.3. The molecule has 0 saturated heterocycles. The van der Waals surface area contributed by atoms with Gasteiger partial charge in [-0.05, 0) is 6.42 Å². The van der Waals surface area contributed by atoms with Gasteiger partial charge in [-0.25, -0.2) is 4.18 Å². The van der Waals surface area contributed by atoms with E-state index in [2.05, 4.69) is 11.1 Å². The summed E-state index contributed by atoms with van der Waals surface area (Å²) in [4.78, 5) is 0. The monoisotopic (exact) mass is 322 g/mol. The van der Waals surface area contributed by atoms with Crippen molar-refractivity contribution in [2.45, 2.75) is 51.9 Å². The van der Waals surface area contributed by atoms with Crippen molar-refractivity contribution in [1.82, 2.24) is 0 Å². The third-order valence-corrected chi connectivity index (χ3v) is 2.44. The second-order valence-corrected chi connectivity index (χ2v) is 5.81. The summed E-state index contributed by atoms with van der Waals surface area (Å²) in [6.07, 6.45) is 7.68. The molecule has 0 spiro atoms. The molecule has 0 radical (unpaired) electrons. The Bertz CT molecular complexity index is 378. The number of hydrogen-bond acceptors (Lipinski definition) is 5. The summed E-state index contributed by atoms with van der Waals surface area (Å²) in [7, 11) is -8.89. The molecule has 10 heteroatoms. The summed E-state index contributed by atoms with van der Waals surface area (Å²) in [5.74, 6) is 0. The van der Waals surface area contributed by atoms with Crippen LogP contribution in [-0.4, -0.2) is 37.1 Å². The van der Waals surface area contributed by atoms with E-state index in [-0.39, 0.29) is 6.61 Å². The van der Waals surface area contributed by atoms with Gasteiger partial charge in [-0.1, -0.05) is 45.4 Å². The van der Waals surface area contributed by atoms with Crippen LogP contribution in [0.3, 0.4) is 0 Å². The van der Waals surface area contributed by atoms with Gasteiger partial charge in [-0.3, -0.25) is 13.7 Å². The zero-order valence-electron chi connectivity index (χ0n) is 10.9. The Labute approximate surface area is 114 Å². The van der Waals surface area contributed by atoms with E-state index in [1.807, 2.05) is 0 Å². The SMILES string of the molecule is CCCCCCCCCOS(=O)(=O)O.O=S(=O)(O)O. The van der Waals surface area contributed by atoms with Crippen molar-refractivity contribution in [2.24, 2.45) is 0 Å². The van der Waals surface area contributed by atoms with Gasteiger partial charge in [0.2, 0.25) is 0 Å². The first-order valence-electron chi connectivity index (χ1n) is 5.88. The number of hydrogen-bond donors (Lipinski definition) is 3. The van der Waals surface area contributed by atoms with Crippen LogP contribution in [0.2, 0.25) is 0 Å². The van der Waals surface area contributed by atoms with Gasteiger partial charge in [0, 0.05) is 0 Å². The highest BCUT2D eigenvalue weighted by Crippen LogP contribution is 2.07. The van der Waals surface area contributed by atoms with E-state index < -0.39 is 20.8 Å². The molecule has 19 heavy (non-hydrogen) atoms. The fraction of sp³-hybridized carbons (Fsp3) is 1.00. The van der Waals surface area contributed by atoms with Crippen LogP contribution in [0.15, 0.2) is 0 Å². The summed E-state index contributed by atoms with van der Waals surface area (Å²) in [6, 6.07) is 0. The van der Waals surface area contributed by atoms with E-state index in [0.29, 0.717) is 6.42 Å². The quantitative estimate of drug-likeness (QED) is 0.432. The molecule has 0 aliphatic carbocycles. The number of unbranched alkanes of at least 4 members (excludes halogenated alkanes) is 6. The van der Waals surface area contributed by atoms with Crippen molar-refractivity contribution in [3.8, 4) is 0 Å². The van der Waals surface area contributed by atoms with E-state index in [9.17, 15) is 8.42 Å². The van der Waals surface area contributed by atoms with Crippen molar-refractivity contribution in [1.29, 1.82) is 0 Å². The Hall–Kier alpha value is -0.260.